The molecule has 3 nitrogen and oxygen atoms in total. The first kappa shape index (κ1) is 15.8. The van der Waals surface area contributed by atoms with Crippen LogP contribution in [0.2, 0.25) is 0 Å². The van der Waals surface area contributed by atoms with Crippen molar-refractivity contribution >= 4 is 11.7 Å². The molecule has 0 saturated heterocycles. The minimum absolute atomic E-state index is 0.0898. The van der Waals surface area contributed by atoms with Gasteiger partial charge in [-0.1, -0.05) is 48.5 Å². The van der Waals surface area contributed by atoms with Crippen LogP contribution in [0.5, 0.6) is 0 Å². The van der Waals surface area contributed by atoms with E-state index in [4.69, 9.17) is 4.74 Å². The molecular weight excluding hydrogens is 274 g/mol. The van der Waals surface area contributed by atoms with Crippen molar-refractivity contribution in [2.45, 2.75) is 19.9 Å². The van der Waals surface area contributed by atoms with Crippen LogP contribution in [-0.2, 0) is 9.53 Å². The Hall–Kier alpha value is -2.55. The van der Waals surface area contributed by atoms with Crippen LogP contribution in [-0.4, -0.2) is 12.6 Å². The van der Waals surface area contributed by atoms with E-state index >= 15 is 0 Å². The molecule has 114 valence electrons. The largest absolute Gasteiger partial charge is 0.463 e. The molecule has 0 fully saturated rings. The van der Waals surface area contributed by atoms with Gasteiger partial charge in [-0.3, -0.25) is 0 Å². The van der Waals surface area contributed by atoms with Crippen molar-refractivity contribution in [3.05, 3.63) is 77.9 Å². The number of nitrogens with one attached hydrogen (secondary N) is 1. The summed E-state index contributed by atoms with van der Waals surface area (Å²) in [6.07, 6.45) is 3.32. The third-order valence-corrected chi connectivity index (χ3v) is 3.33. The maximum absolute atomic E-state index is 11.6. The molecule has 1 N–H and O–H groups in total. The quantitative estimate of drug-likeness (QED) is 0.639. The molecule has 0 unspecified atom stereocenters. The maximum atomic E-state index is 11.6. The lowest BCUT2D eigenvalue weighted by Crippen LogP contribution is -2.10. The van der Waals surface area contributed by atoms with Gasteiger partial charge in [0.05, 0.1) is 12.6 Å². The number of benzene rings is 2. The average molecular weight is 295 g/mol. The molecule has 0 aliphatic rings. The van der Waals surface area contributed by atoms with Crippen LogP contribution in [0.3, 0.4) is 0 Å². The van der Waals surface area contributed by atoms with E-state index < -0.39 is 0 Å². The van der Waals surface area contributed by atoms with Crippen molar-refractivity contribution in [1.29, 1.82) is 0 Å². The number of carbonyl (C=O) groups excluding carboxylic acids is 1. The number of esters is 1. The lowest BCUT2D eigenvalue weighted by Gasteiger charge is -2.19. The first-order chi connectivity index (χ1) is 10.7. The van der Waals surface area contributed by atoms with Crippen LogP contribution >= 0.6 is 0 Å². The summed E-state index contributed by atoms with van der Waals surface area (Å²) in [5, 5.41) is 3.44. The van der Waals surface area contributed by atoms with Gasteiger partial charge in [0, 0.05) is 11.8 Å². The van der Waals surface area contributed by atoms with E-state index in [1.807, 2.05) is 48.5 Å². The zero-order valence-electron chi connectivity index (χ0n) is 13.0. The van der Waals surface area contributed by atoms with Crippen LogP contribution in [0, 0.1) is 6.92 Å². The Balaban J connectivity index is 2.25. The van der Waals surface area contributed by atoms with Crippen molar-refractivity contribution in [2.24, 2.45) is 0 Å². The van der Waals surface area contributed by atoms with Crippen LogP contribution in [0.1, 0.15) is 24.1 Å². The van der Waals surface area contributed by atoms with Crippen LogP contribution in [0.4, 0.5) is 5.69 Å². The number of para-hydroxylation sites is 1. The van der Waals surface area contributed by atoms with E-state index in [-0.39, 0.29) is 12.0 Å². The second-order valence-electron chi connectivity index (χ2n) is 4.96. The van der Waals surface area contributed by atoms with Crippen LogP contribution in [0.15, 0.2) is 66.7 Å². The van der Waals surface area contributed by atoms with E-state index in [2.05, 4.69) is 24.4 Å². The lowest BCUT2D eigenvalue weighted by molar-refractivity contribution is -0.137. The smallest absolute Gasteiger partial charge is 0.330 e. The predicted octanol–water partition coefficient (Wildman–Crippen LogP) is 4.27. The Morgan fingerprint density at radius 3 is 2.50 bits per heavy atom. The molecule has 0 amide bonds. The van der Waals surface area contributed by atoms with E-state index in [0.717, 1.165) is 11.3 Å². The van der Waals surface area contributed by atoms with Gasteiger partial charge in [0.2, 0.25) is 0 Å². The number of ether oxygens (including phenoxy) is 1. The molecule has 2 aromatic carbocycles. The molecule has 1 atom stereocenters. The summed E-state index contributed by atoms with van der Waals surface area (Å²) >= 11 is 0. The summed E-state index contributed by atoms with van der Waals surface area (Å²) < 4.78 is 4.96. The summed E-state index contributed by atoms with van der Waals surface area (Å²) in [6.45, 7) is 4.24. The standard InChI is InChI=1S/C19H21NO2/c1-3-22-19(21)14-13-18(17-12-8-7-9-15(17)2)20-16-10-5-4-6-11-16/h4-14,18,20H,3H2,1-2H3/b14-13+/t18-/m0/s1. The Morgan fingerprint density at radius 2 is 1.82 bits per heavy atom. The summed E-state index contributed by atoms with van der Waals surface area (Å²) in [4.78, 5) is 11.6. The predicted molar refractivity (Wildman–Crippen MR) is 89.8 cm³/mol. The number of anilines is 1. The molecule has 0 radical (unpaired) electrons. The zero-order chi connectivity index (χ0) is 15.8. The van der Waals surface area contributed by atoms with Crippen molar-refractivity contribution in [1.82, 2.24) is 0 Å². The fourth-order valence-electron chi connectivity index (χ4n) is 2.24. The first-order valence-electron chi connectivity index (χ1n) is 7.42. The van der Waals surface area contributed by atoms with Gasteiger partial charge in [0.1, 0.15) is 0 Å². The molecule has 0 saturated carbocycles. The molecule has 0 aliphatic heterocycles. The van der Waals surface area contributed by atoms with Gasteiger partial charge in [0.25, 0.3) is 0 Å². The fraction of sp³-hybridized carbons (Fsp3) is 0.211. The number of rotatable bonds is 6. The normalized spacial score (nSPS) is 12.1. The minimum Gasteiger partial charge on any atom is -0.463 e. The summed E-state index contributed by atoms with van der Waals surface area (Å²) in [7, 11) is 0. The molecule has 0 aromatic heterocycles. The first-order valence-corrected chi connectivity index (χ1v) is 7.42. The van der Waals surface area contributed by atoms with Gasteiger partial charge >= 0.3 is 5.97 Å². The summed E-state index contributed by atoms with van der Waals surface area (Å²) in [5.41, 5.74) is 3.31. The van der Waals surface area contributed by atoms with Crippen molar-refractivity contribution < 1.29 is 9.53 Å². The van der Waals surface area contributed by atoms with Gasteiger partial charge in [-0.25, -0.2) is 4.79 Å². The highest BCUT2D eigenvalue weighted by atomic mass is 16.5. The summed E-state index contributed by atoms with van der Waals surface area (Å²) in [5.74, 6) is -0.323. The maximum Gasteiger partial charge on any atom is 0.330 e. The van der Waals surface area contributed by atoms with E-state index in [1.54, 1.807) is 6.92 Å². The van der Waals surface area contributed by atoms with Gasteiger partial charge < -0.3 is 10.1 Å². The molecule has 2 aromatic rings. The molecule has 0 spiro atoms. The van der Waals surface area contributed by atoms with E-state index in [1.165, 1.54) is 11.6 Å². The highest BCUT2D eigenvalue weighted by molar-refractivity contribution is 5.82. The number of hydrogen-bond donors (Lipinski definition) is 1. The minimum atomic E-state index is -0.323. The average Bonchev–Trinajstić information content (AvgIpc) is 2.53. The number of hydrogen-bond acceptors (Lipinski definition) is 3. The molecular formula is C19H21NO2. The van der Waals surface area contributed by atoms with Gasteiger partial charge in [-0.2, -0.15) is 0 Å². The zero-order valence-corrected chi connectivity index (χ0v) is 13.0. The Morgan fingerprint density at radius 1 is 1.14 bits per heavy atom. The molecule has 0 heterocycles. The second-order valence-corrected chi connectivity index (χ2v) is 4.96. The Bertz CT molecular complexity index is 635. The number of carbonyl (C=O) groups is 1. The lowest BCUT2D eigenvalue weighted by atomic mass is 10.0. The highest BCUT2D eigenvalue weighted by Crippen LogP contribution is 2.23. The van der Waals surface area contributed by atoms with Gasteiger partial charge in [-0.05, 0) is 37.1 Å². The van der Waals surface area contributed by atoms with Crippen LogP contribution in [0.25, 0.3) is 0 Å². The van der Waals surface area contributed by atoms with E-state index in [0.29, 0.717) is 6.61 Å². The van der Waals surface area contributed by atoms with Crippen molar-refractivity contribution in [3.8, 4) is 0 Å². The number of aryl methyl sites for hydroxylation is 1. The highest BCUT2D eigenvalue weighted by Gasteiger charge is 2.11. The Kier molecular flexibility index (Phi) is 5.78. The third kappa shape index (κ3) is 4.48. The molecule has 0 bridgehead atoms. The topological polar surface area (TPSA) is 38.3 Å². The monoisotopic (exact) mass is 295 g/mol. The molecule has 0 aliphatic carbocycles. The summed E-state index contributed by atoms with van der Waals surface area (Å²) in [6, 6.07) is 18.0. The van der Waals surface area contributed by atoms with E-state index in [9.17, 15) is 4.79 Å². The fourth-order valence-corrected chi connectivity index (χ4v) is 2.24. The van der Waals surface area contributed by atoms with Gasteiger partial charge in [-0.15, -0.1) is 0 Å². The van der Waals surface area contributed by atoms with Gasteiger partial charge in [0.15, 0.2) is 0 Å². The third-order valence-electron chi connectivity index (χ3n) is 3.33. The van der Waals surface area contributed by atoms with Crippen LogP contribution < -0.4 is 5.32 Å². The SMILES string of the molecule is CCOC(=O)/C=C/[C@H](Nc1ccccc1)c1ccccc1C. The molecule has 2 rings (SSSR count). The molecule has 22 heavy (non-hydrogen) atoms. The second kappa shape index (κ2) is 8.03. The van der Waals surface area contributed by atoms with Crippen molar-refractivity contribution in [2.75, 3.05) is 11.9 Å². The molecule has 3 heteroatoms. The Labute approximate surface area is 131 Å². The van der Waals surface area contributed by atoms with Crippen molar-refractivity contribution in [3.63, 3.8) is 0 Å².